The maximum atomic E-state index is 10.8. The van der Waals surface area contributed by atoms with E-state index in [-0.39, 0.29) is 0 Å². The third-order valence-electron chi connectivity index (χ3n) is 2.37. The number of anilines is 1. The molecule has 0 radical (unpaired) electrons. The number of nitrogens with zero attached hydrogens (tertiary/aromatic N) is 1. The molecule has 0 aromatic heterocycles. The number of carbonyl (C=O) groups excluding carboxylic acids is 1. The van der Waals surface area contributed by atoms with E-state index < -0.39 is 0 Å². The monoisotopic (exact) mass is 266 g/mol. The SMILES string of the molecule is O=C=C1CNCCN1c1cccc(Br)c1. The first-order valence-corrected chi connectivity index (χ1v) is 5.58. The molecule has 0 amide bonds. The van der Waals surface area contributed by atoms with E-state index >= 15 is 0 Å². The van der Waals surface area contributed by atoms with Crippen molar-refractivity contribution in [3.8, 4) is 0 Å². The fraction of sp³-hybridized carbons (Fsp3) is 0.273. The van der Waals surface area contributed by atoms with E-state index in [1.807, 2.05) is 35.1 Å². The smallest absolute Gasteiger partial charge is 0.147 e. The third kappa shape index (κ3) is 2.29. The van der Waals surface area contributed by atoms with Crippen molar-refractivity contribution in [2.45, 2.75) is 0 Å². The molecule has 15 heavy (non-hydrogen) atoms. The minimum atomic E-state index is 0.593. The van der Waals surface area contributed by atoms with Crippen LogP contribution >= 0.6 is 15.9 Å². The van der Waals surface area contributed by atoms with Crippen molar-refractivity contribution in [1.29, 1.82) is 0 Å². The number of rotatable bonds is 1. The molecule has 1 aromatic rings. The van der Waals surface area contributed by atoms with Gasteiger partial charge in [-0.3, -0.25) is 0 Å². The Hall–Kier alpha value is -1.09. The van der Waals surface area contributed by atoms with Crippen LogP contribution in [0.4, 0.5) is 5.69 Å². The van der Waals surface area contributed by atoms with Gasteiger partial charge in [0.25, 0.3) is 0 Å². The van der Waals surface area contributed by atoms with E-state index in [0.717, 1.165) is 23.2 Å². The normalized spacial score (nSPS) is 16.3. The highest BCUT2D eigenvalue weighted by molar-refractivity contribution is 9.10. The molecule has 1 aliphatic rings. The van der Waals surface area contributed by atoms with E-state index in [1.54, 1.807) is 0 Å². The van der Waals surface area contributed by atoms with Gasteiger partial charge in [-0.1, -0.05) is 22.0 Å². The largest absolute Gasteiger partial charge is 0.333 e. The highest BCUT2D eigenvalue weighted by Crippen LogP contribution is 2.22. The summed E-state index contributed by atoms with van der Waals surface area (Å²) in [5.41, 5.74) is 1.70. The van der Waals surface area contributed by atoms with Gasteiger partial charge in [0.15, 0.2) is 0 Å². The third-order valence-corrected chi connectivity index (χ3v) is 2.86. The molecule has 1 heterocycles. The predicted octanol–water partition coefficient (Wildman–Crippen LogP) is 1.57. The van der Waals surface area contributed by atoms with Gasteiger partial charge in [0.05, 0.1) is 0 Å². The first kappa shape index (κ1) is 10.4. The minimum absolute atomic E-state index is 0.593. The fourth-order valence-corrected chi connectivity index (χ4v) is 2.04. The Morgan fingerprint density at radius 2 is 2.33 bits per heavy atom. The lowest BCUT2D eigenvalue weighted by Crippen LogP contribution is -2.42. The van der Waals surface area contributed by atoms with Crippen LogP contribution in [-0.4, -0.2) is 25.6 Å². The van der Waals surface area contributed by atoms with Gasteiger partial charge in [0, 0.05) is 29.8 Å². The fourth-order valence-electron chi connectivity index (χ4n) is 1.65. The molecule has 0 atom stereocenters. The van der Waals surface area contributed by atoms with Crippen molar-refractivity contribution in [3.05, 3.63) is 34.4 Å². The number of nitrogens with one attached hydrogen (secondary N) is 1. The summed E-state index contributed by atoms with van der Waals surface area (Å²) in [7, 11) is 0. The molecule has 2 rings (SSSR count). The molecule has 0 spiro atoms. The zero-order valence-electron chi connectivity index (χ0n) is 8.16. The molecule has 1 N–H and O–H groups in total. The van der Waals surface area contributed by atoms with Crippen LogP contribution in [0.5, 0.6) is 0 Å². The summed E-state index contributed by atoms with van der Waals surface area (Å²) in [5.74, 6) is 1.99. The average molecular weight is 267 g/mol. The van der Waals surface area contributed by atoms with Crippen LogP contribution in [0.3, 0.4) is 0 Å². The maximum absolute atomic E-state index is 10.8. The van der Waals surface area contributed by atoms with E-state index in [4.69, 9.17) is 0 Å². The topological polar surface area (TPSA) is 32.3 Å². The van der Waals surface area contributed by atoms with Crippen LogP contribution in [0.25, 0.3) is 0 Å². The molecule has 1 saturated heterocycles. The van der Waals surface area contributed by atoms with Gasteiger partial charge in [-0.15, -0.1) is 0 Å². The summed E-state index contributed by atoms with van der Waals surface area (Å²) in [5, 5.41) is 3.15. The molecule has 4 heteroatoms. The zero-order chi connectivity index (χ0) is 10.7. The van der Waals surface area contributed by atoms with Crippen LogP contribution in [-0.2, 0) is 4.79 Å². The van der Waals surface area contributed by atoms with Crippen LogP contribution in [0, 0.1) is 0 Å². The van der Waals surface area contributed by atoms with Crippen LogP contribution < -0.4 is 10.2 Å². The molecule has 1 aliphatic heterocycles. The molecule has 1 fully saturated rings. The minimum Gasteiger partial charge on any atom is -0.333 e. The lowest BCUT2D eigenvalue weighted by atomic mass is 10.2. The van der Waals surface area contributed by atoms with Gasteiger partial charge >= 0.3 is 0 Å². The Morgan fingerprint density at radius 1 is 1.47 bits per heavy atom. The second-order valence-corrected chi connectivity index (χ2v) is 4.27. The van der Waals surface area contributed by atoms with Crippen molar-refractivity contribution in [3.63, 3.8) is 0 Å². The molecule has 0 saturated carbocycles. The first-order valence-electron chi connectivity index (χ1n) is 4.79. The summed E-state index contributed by atoms with van der Waals surface area (Å²) in [6.07, 6.45) is 0. The highest BCUT2D eigenvalue weighted by atomic mass is 79.9. The number of piperazine rings is 1. The van der Waals surface area contributed by atoms with Crippen molar-refractivity contribution in [2.75, 3.05) is 24.5 Å². The van der Waals surface area contributed by atoms with Gasteiger partial charge in [0.1, 0.15) is 11.6 Å². The summed E-state index contributed by atoms with van der Waals surface area (Å²) < 4.78 is 1.02. The van der Waals surface area contributed by atoms with E-state index in [9.17, 15) is 4.79 Å². The highest BCUT2D eigenvalue weighted by Gasteiger charge is 2.16. The van der Waals surface area contributed by atoms with Crippen molar-refractivity contribution in [1.82, 2.24) is 5.32 Å². The molecule has 0 aliphatic carbocycles. The standard InChI is InChI=1S/C11H11BrN2O/c12-9-2-1-3-10(6-9)14-5-4-13-7-11(14)8-15/h1-3,6,13H,4-5,7H2. The second-order valence-electron chi connectivity index (χ2n) is 3.36. The zero-order valence-corrected chi connectivity index (χ0v) is 9.75. The first-order chi connectivity index (χ1) is 7.31. The van der Waals surface area contributed by atoms with Gasteiger partial charge in [-0.05, 0) is 18.2 Å². The molecular weight excluding hydrogens is 256 g/mol. The van der Waals surface area contributed by atoms with Gasteiger partial charge in [-0.25, -0.2) is 4.79 Å². The lowest BCUT2D eigenvalue weighted by molar-refractivity contribution is 0.559. The lowest BCUT2D eigenvalue weighted by Gasteiger charge is -2.29. The number of halogens is 1. The van der Waals surface area contributed by atoms with E-state index in [1.165, 1.54) is 0 Å². The Bertz CT molecular complexity index is 413. The van der Waals surface area contributed by atoms with Crippen molar-refractivity contribution in [2.24, 2.45) is 0 Å². The predicted molar refractivity (Wildman–Crippen MR) is 63.6 cm³/mol. The van der Waals surface area contributed by atoms with Crippen molar-refractivity contribution < 1.29 is 4.79 Å². The van der Waals surface area contributed by atoms with Gasteiger partial charge in [-0.2, -0.15) is 0 Å². The average Bonchev–Trinajstić information content (AvgIpc) is 2.29. The van der Waals surface area contributed by atoms with Gasteiger partial charge < -0.3 is 10.2 Å². The number of hydrogen-bond donors (Lipinski definition) is 1. The second kappa shape index (κ2) is 4.62. The summed E-state index contributed by atoms with van der Waals surface area (Å²) in [6, 6.07) is 7.93. The quantitative estimate of drug-likeness (QED) is 0.784. The van der Waals surface area contributed by atoms with Gasteiger partial charge in [0.2, 0.25) is 0 Å². The van der Waals surface area contributed by atoms with Crippen LogP contribution in [0.1, 0.15) is 0 Å². The Balaban J connectivity index is 2.32. The molecular formula is C11H11BrN2O. The molecule has 3 nitrogen and oxygen atoms in total. The summed E-state index contributed by atoms with van der Waals surface area (Å²) in [4.78, 5) is 12.8. The molecule has 1 aromatic carbocycles. The Kier molecular flexibility index (Phi) is 3.21. The van der Waals surface area contributed by atoms with Crippen LogP contribution in [0.2, 0.25) is 0 Å². The molecule has 0 bridgehead atoms. The number of benzene rings is 1. The summed E-state index contributed by atoms with van der Waals surface area (Å²) >= 11 is 3.42. The van der Waals surface area contributed by atoms with E-state index in [2.05, 4.69) is 21.2 Å². The summed E-state index contributed by atoms with van der Waals surface area (Å²) in [6.45, 7) is 2.29. The molecule has 0 unspecified atom stereocenters. The Labute approximate surface area is 96.9 Å². The van der Waals surface area contributed by atoms with Crippen LogP contribution in [0.15, 0.2) is 34.4 Å². The maximum Gasteiger partial charge on any atom is 0.147 e. The number of hydrogen-bond acceptors (Lipinski definition) is 3. The Morgan fingerprint density at radius 3 is 3.07 bits per heavy atom. The van der Waals surface area contributed by atoms with E-state index in [0.29, 0.717) is 12.2 Å². The van der Waals surface area contributed by atoms with Crippen molar-refractivity contribution >= 4 is 27.6 Å². The molecule has 78 valence electrons.